The first-order chi connectivity index (χ1) is 4.50. The van der Waals surface area contributed by atoms with E-state index in [1.165, 1.54) is 6.07 Å². The number of primary sulfonamides is 1. The molecule has 0 aliphatic rings. The molecule has 0 bridgehead atoms. The van der Waals surface area contributed by atoms with Gasteiger partial charge in [0.1, 0.15) is 5.76 Å². The Balaban J connectivity index is 3.21. The maximum atomic E-state index is 10.5. The fourth-order valence-electron chi connectivity index (χ4n) is 0.565. The molecule has 0 radical (unpaired) electrons. The van der Waals surface area contributed by atoms with E-state index >= 15 is 0 Å². The van der Waals surface area contributed by atoms with Gasteiger partial charge in [-0.05, 0) is 19.1 Å². The molecule has 0 aliphatic heterocycles. The van der Waals surface area contributed by atoms with Crippen LogP contribution in [0.3, 0.4) is 0 Å². The van der Waals surface area contributed by atoms with Crippen LogP contribution in [0, 0.1) is 6.92 Å². The molecule has 10 heavy (non-hydrogen) atoms. The van der Waals surface area contributed by atoms with E-state index in [-0.39, 0.29) is 5.09 Å². The summed E-state index contributed by atoms with van der Waals surface area (Å²) in [6, 6.07) is 2.87. The van der Waals surface area contributed by atoms with Gasteiger partial charge in [-0.3, -0.25) is 0 Å². The Morgan fingerprint density at radius 1 is 1.50 bits per heavy atom. The van der Waals surface area contributed by atoms with Crippen LogP contribution in [0.1, 0.15) is 5.76 Å². The predicted octanol–water partition coefficient (Wildman–Crippen LogP) is 0.235. The van der Waals surface area contributed by atoms with Crippen molar-refractivity contribution < 1.29 is 12.8 Å². The molecule has 56 valence electrons. The average molecular weight is 161 g/mol. The fourth-order valence-corrected chi connectivity index (χ4v) is 1.07. The number of aryl methyl sites for hydroxylation is 1. The standard InChI is InChI=1S/C5H7NO3S/c1-4-2-3-5(9-4)10(6,7)8/h2-3H,1H3,(H2,6,7,8). The minimum atomic E-state index is -3.65. The van der Waals surface area contributed by atoms with Crippen LogP contribution >= 0.6 is 0 Å². The second-order valence-electron chi connectivity index (χ2n) is 1.91. The minimum absolute atomic E-state index is 0.190. The van der Waals surface area contributed by atoms with Gasteiger partial charge in [0.25, 0.3) is 10.0 Å². The molecule has 1 rings (SSSR count). The zero-order valence-corrected chi connectivity index (χ0v) is 6.18. The van der Waals surface area contributed by atoms with Crippen LogP contribution in [0.5, 0.6) is 0 Å². The highest BCUT2D eigenvalue weighted by Gasteiger charge is 2.10. The summed E-state index contributed by atoms with van der Waals surface area (Å²) in [6.07, 6.45) is 0. The lowest BCUT2D eigenvalue weighted by Gasteiger charge is -1.87. The molecule has 0 spiro atoms. The molecule has 1 heterocycles. The predicted molar refractivity (Wildman–Crippen MR) is 34.8 cm³/mol. The second-order valence-corrected chi connectivity index (χ2v) is 3.40. The van der Waals surface area contributed by atoms with Crippen molar-refractivity contribution in [2.45, 2.75) is 12.0 Å². The van der Waals surface area contributed by atoms with E-state index in [9.17, 15) is 8.42 Å². The number of sulfonamides is 1. The monoisotopic (exact) mass is 161 g/mol. The van der Waals surface area contributed by atoms with E-state index in [0.29, 0.717) is 5.76 Å². The zero-order chi connectivity index (χ0) is 7.78. The molecule has 2 N–H and O–H groups in total. The summed E-state index contributed by atoms with van der Waals surface area (Å²) in [7, 11) is -3.65. The van der Waals surface area contributed by atoms with Gasteiger partial charge in [0.15, 0.2) is 0 Å². The van der Waals surface area contributed by atoms with Crippen molar-refractivity contribution in [3.05, 3.63) is 17.9 Å². The number of rotatable bonds is 1. The summed E-state index contributed by atoms with van der Waals surface area (Å²) in [6.45, 7) is 1.65. The van der Waals surface area contributed by atoms with E-state index in [4.69, 9.17) is 9.56 Å². The molecular formula is C5H7NO3S. The van der Waals surface area contributed by atoms with E-state index in [1.54, 1.807) is 13.0 Å². The van der Waals surface area contributed by atoms with Crippen molar-refractivity contribution in [3.8, 4) is 0 Å². The van der Waals surface area contributed by atoms with E-state index in [1.807, 2.05) is 0 Å². The molecule has 0 saturated heterocycles. The maximum Gasteiger partial charge on any atom is 0.271 e. The van der Waals surface area contributed by atoms with Gasteiger partial charge in [-0.1, -0.05) is 0 Å². The third kappa shape index (κ3) is 1.37. The molecule has 0 unspecified atom stereocenters. The highest BCUT2D eigenvalue weighted by atomic mass is 32.2. The number of hydrogen-bond donors (Lipinski definition) is 1. The molecule has 0 fully saturated rings. The van der Waals surface area contributed by atoms with Crippen LogP contribution < -0.4 is 5.14 Å². The van der Waals surface area contributed by atoms with Gasteiger partial charge in [0.05, 0.1) is 0 Å². The molecule has 0 amide bonds. The van der Waals surface area contributed by atoms with Crippen LogP contribution in [0.2, 0.25) is 0 Å². The maximum absolute atomic E-state index is 10.5. The summed E-state index contributed by atoms with van der Waals surface area (Å²) in [4.78, 5) is 0. The third-order valence-electron chi connectivity index (χ3n) is 0.996. The average Bonchev–Trinajstić information content (AvgIpc) is 2.11. The lowest BCUT2D eigenvalue weighted by molar-refractivity contribution is 0.429. The SMILES string of the molecule is Cc1ccc(S(N)(=O)=O)o1. The third-order valence-corrected chi connectivity index (χ3v) is 1.78. The molecule has 1 aromatic heterocycles. The van der Waals surface area contributed by atoms with Crippen molar-refractivity contribution in [3.63, 3.8) is 0 Å². The van der Waals surface area contributed by atoms with Crippen LogP contribution in [-0.2, 0) is 10.0 Å². The fraction of sp³-hybridized carbons (Fsp3) is 0.200. The van der Waals surface area contributed by atoms with Gasteiger partial charge in [-0.15, -0.1) is 0 Å². The summed E-state index contributed by atoms with van der Waals surface area (Å²) < 4.78 is 25.8. The Morgan fingerprint density at radius 3 is 2.30 bits per heavy atom. The smallest absolute Gasteiger partial charge is 0.271 e. The number of furan rings is 1. The van der Waals surface area contributed by atoms with E-state index in [0.717, 1.165) is 0 Å². The van der Waals surface area contributed by atoms with Crippen molar-refractivity contribution in [1.82, 2.24) is 0 Å². The number of hydrogen-bond acceptors (Lipinski definition) is 3. The van der Waals surface area contributed by atoms with Crippen molar-refractivity contribution in [2.24, 2.45) is 5.14 Å². The zero-order valence-electron chi connectivity index (χ0n) is 5.37. The van der Waals surface area contributed by atoms with Crippen molar-refractivity contribution >= 4 is 10.0 Å². The lowest BCUT2D eigenvalue weighted by Crippen LogP contribution is -2.10. The number of nitrogens with two attached hydrogens (primary N) is 1. The summed E-state index contributed by atoms with van der Waals surface area (Å²) in [5.74, 6) is 0.532. The Kier molecular flexibility index (Phi) is 1.53. The molecular weight excluding hydrogens is 154 g/mol. The first-order valence-electron chi connectivity index (χ1n) is 2.59. The van der Waals surface area contributed by atoms with Crippen LogP contribution in [0.4, 0.5) is 0 Å². The quantitative estimate of drug-likeness (QED) is 0.641. The van der Waals surface area contributed by atoms with Crippen molar-refractivity contribution in [1.29, 1.82) is 0 Å². The summed E-state index contributed by atoms with van der Waals surface area (Å²) >= 11 is 0. The molecule has 0 atom stereocenters. The van der Waals surface area contributed by atoms with E-state index < -0.39 is 10.0 Å². The molecule has 4 nitrogen and oxygen atoms in total. The highest BCUT2D eigenvalue weighted by Crippen LogP contribution is 2.09. The van der Waals surface area contributed by atoms with Crippen LogP contribution in [-0.4, -0.2) is 8.42 Å². The first kappa shape index (κ1) is 7.30. The second kappa shape index (κ2) is 2.10. The summed E-state index contributed by atoms with van der Waals surface area (Å²) in [5, 5.41) is 4.56. The topological polar surface area (TPSA) is 73.3 Å². The molecule has 0 aliphatic carbocycles. The minimum Gasteiger partial charge on any atom is -0.449 e. The normalized spacial score (nSPS) is 11.8. The Morgan fingerprint density at radius 2 is 2.10 bits per heavy atom. The Hall–Kier alpha value is -0.810. The van der Waals surface area contributed by atoms with Gasteiger partial charge < -0.3 is 4.42 Å². The van der Waals surface area contributed by atoms with Crippen LogP contribution in [0.15, 0.2) is 21.6 Å². The highest BCUT2D eigenvalue weighted by molar-refractivity contribution is 7.89. The van der Waals surface area contributed by atoms with Gasteiger partial charge in [0.2, 0.25) is 5.09 Å². The molecule has 0 saturated carbocycles. The summed E-state index contributed by atoms with van der Waals surface area (Å²) in [5.41, 5.74) is 0. The largest absolute Gasteiger partial charge is 0.449 e. The van der Waals surface area contributed by atoms with Gasteiger partial charge in [0, 0.05) is 0 Å². The Bertz CT molecular complexity index is 324. The van der Waals surface area contributed by atoms with Gasteiger partial charge in [-0.2, -0.15) is 0 Å². The molecule has 0 aromatic carbocycles. The van der Waals surface area contributed by atoms with Gasteiger partial charge >= 0.3 is 0 Å². The molecule has 5 heteroatoms. The van der Waals surface area contributed by atoms with Crippen LogP contribution in [0.25, 0.3) is 0 Å². The van der Waals surface area contributed by atoms with E-state index in [2.05, 4.69) is 0 Å². The van der Waals surface area contributed by atoms with Crippen molar-refractivity contribution in [2.75, 3.05) is 0 Å². The first-order valence-corrected chi connectivity index (χ1v) is 4.14. The lowest BCUT2D eigenvalue weighted by atomic mass is 10.5. The molecule has 1 aromatic rings. The Labute approximate surface area is 58.7 Å². The van der Waals surface area contributed by atoms with Gasteiger partial charge in [-0.25, -0.2) is 13.6 Å².